The quantitative estimate of drug-likeness (QED) is 0.716. The second kappa shape index (κ2) is 3.92. The molecule has 1 aliphatic carbocycles. The van der Waals surface area contributed by atoms with Crippen LogP contribution in [0, 0.1) is 0 Å². The maximum atomic E-state index is 12.9. The SMILES string of the molecule is O=S([O-])([O-])(CC(F)(F)F)C1CCCC(F)C1. The molecule has 1 aliphatic rings. The van der Waals surface area contributed by atoms with Crippen LogP contribution in [0.3, 0.4) is 0 Å². The Hall–Kier alpha value is -0.210. The molecule has 8 heteroatoms. The summed E-state index contributed by atoms with van der Waals surface area (Å²) in [6, 6.07) is 0. The first-order chi connectivity index (χ1) is 6.98. The van der Waals surface area contributed by atoms with Crippen LogP contribution < -0.4 is 0 Å². The molecule has 0 N–H and O–H groups in total. The van der Waals surface area contributed by atoms with Gasteiger partial charge in [0.2, 0.25) is 0 Å². The standard InChI is InChI=1S/C8H14F4O3S/c9-6-2-1-3-7(4-6)16(13,14,15)5-8(10,11)12/h6-7H,1-5H2,(H2,13,14,15)/p-2. The van der Waals surface area contributed by atoms with Gasteiger partial charge in [0.25, 0.3) is 0 Å². The molecule has 0 aliphatic heterocycles. The van der Waals surface area contributed by atoms with Crippen molar-refractivity contribution in [2.75, 3.05) is 5.75 Å². The van der Waals surface area contributed by atoms with Crippen LogP contribution in [0.15, 0.2) is 0 Å². The highest BCUT2D eigenvalue weighted by Crippen LogP contribution is 2.39. The molecule has 0 saturated heterocycles. The van der Waals surface area contributed by atoms with Crippen molar-refractivity contribution in [2.24, 2.45) is 0 Å². The first kappa shape index (κ1) is 13.9. The Labute approximate surface area is 90.3 Å². The van der Waals surface area contributed by atoms with Gasteiger partial charge >= 0.3 is 6.18 Å². The van der Waals surface area contributed by atoms with Crippen LogP contribution in [0.4, 0.5) is 17.6 Å². The normalized spacial score (nSPS) is 30.8. The van der Waals surface area contributed by atoms with Gasteiger partial charge in [-0.15, -0.1) is 0 Å². The van der Waals surface area contributed by atoms with Crippen LogP contribution in [-0.2, 0) is 9.63 Å². The monoisotopic (exact) mass is 264 g/mol. The number of alkyl halides is 4. The molecule has 0 aromatic heterocycles. The van der Waals surface area contributed by atoms with Crippen molar-refractivity contribution in [3.05, 3.63) is 0 Å². The van der Waals surface area contributed by atoms with Gasteiger partial charge in [0.1, 0.15) is 6.17 Å². The van der Waals surface area contributed by atoms with Crippen LogP contribution in [0.1, 0.15) is 25.7 Å². The highest BCUT2D eigenvalue weighted by molar-refractivity contribution is 8.10. The molecule has 0 spiro atoms. The van der Waals surface area contributed by atoms with Crippen LogP contribution >= 0.6 is 0 Å². The van der Waals surface area contributed by atoms with Crippen molar-refractivity contribution in [1.29, 1.82) is 0 Å². The summed E-state index contributed by atoms with van der Waals surface area (Å²) < 4.78 is 82.7. The zero-order chi connectivity index (χ0) is 12.6. The molecule has 1 rings (SSSR count). The van der Waals surface area contributed by atoms with E-state index in [1.165, 1.54) is 0 Å². The first-order valence-corrected chi connectivity index (χ1v) is 6.84. The molecule has 3 nitrogen and oxygen atoms in total. The zero-order valence-corrected chi connectivity index (χ0v) is 9.15. The van der Waals surface area contributed by atoms with Crippen LogP contribution in [0.5, 0.6) is 0 Å². The minimum atomic E-state index is -6.31. The molecule has 0 heterocycles. The van der Waals surface area contributed by atoms with Gasteiger partial charge in [-0.25, -0.2) is 14.0 Å². The van der Waals surface area contributed by atoms with E-state index in [2.05, 4.69) is 0 Å². The molecule has 16 heavy (non-hydrogen) atoms. The highest BCUT2D eigenvalue weighted by atomic mass is 32.3. The predicted octanol–water partition coefficient (Wildman–Crippen LogP) is 1.91. The fourth-order valence-electron chi connectivity index (χ4n) is 1.91. The van der Waals surface area contributed by atoms with E-state index < -0.39 is 39.4 Å². The minimum absolute atomic E-state index is 0.103. The summed E-state index contributed by atoms with van der Waals surface area (Å²) in [5.41, 5.74) is 0. The van der Waals surface area contributed by atoms with Crippen LogP contribution in [0.2, 0.25) is 0 Å². The molecule has 0 bridgehead atoms. The number of halogens is 4. The molecule has 98 valence electrons. The lowest BCUT2D eigenvalue weighted by Gasteiger charge is -2.62. The Kier molecular flexibility index (Phi) is 3.39. The molecular formula is C8H12F4O3S-2. The smallest absolute Gasteiger partial charge is 0.396 e. The topological polar surface area (TPSA) is 63.2 Å². The summed E-state index contributed by atoms with van der Waals surface area (Å²) in [5, 5.41) is -1.75. The van der Waals surface area contributed by atoms with Crippen molar-refractivity contribution in [2.45, 2.75) is 43.3 Å². The lowest BCUT2D eigenvalue weighted by Crippen LogP contribution is -2.53. The number of rotatable bonds is 2. The second-order valence-corrected chi connectivity index (χ2v) is 7.14. The molecule has 2 unspecified atom stereocenters. The lowest BCUT2D eigenvalue weighted by molar-refractivity contribution is -0.109. The molecular weight excluding hydrogens is 252 g/mol. The van der Waals surface area contributed by atoms with Gasteiger partial charge in [0.15, 0.2) is 0 Å². The molecule has 0 aromatic carbocycles. The van der Waals surface area contributed by atoms with Gasteiger partial charge in [-0.3, -0.25) is 0 Å². The maximum absolute atomic E-state index is 12.9. The Morgan fingerprint density at radius 1 is 1.25 bits per heavy atom. The Bertz CT molecular complexity index is 322. The number of sulfone groups is 3. The maximum Gasteiger partial charge on any atom is 0.396 e. The van der Waals surface area contributed by atoms with E-state index in [1.54, 1.807) is 0 Å². The second-order valence-electron chi connectivity index (χ2n) is 4.16. The summed E-state index contributed by atoms with van der Waals surface area (Å²) in [5.74, 6) is -2.40. The van der Waals surface area contributed by atoms with Crippen LogP contribution in [0.25, 0.3) is 0 Å². The summed E-state index contributed by atoms with van der Waals surface area (Å²) >= 11 is 0. The molecule has 0 aromatic rings. The molecule has 1 saturated carbocycles. The fourth-order valence-corrected chi connectivity index (χ4v) is 3.94. The Morgan fingerprint density at radius 3 is 2.25 bits per heavy atom. The Morgan fingerprint density at radius 2 is 1.81 bits per heavy atom. The van der Waals surface area contributed by atoms with E-state index in [9.17, 15) is 30.9 Å². The van der Waals surface area contributed by atoms with E-state index in [-0.39, 0.29) is 19.3 Å². The van der Waals surface area contributed by atoms with Crippen molar-refractivity contribution in [1.82, 2.24) is 0 Å². The minimum Gasteiger partial charge on any atom is -0.798 e. The van der Waals surface area contributed by atoms with Gasteiger partial charge in [-0.2, -0.15) is 13.2 Å². The van der Waals surface area contributed by atoms with Crippen molar-refractivity contribution >= 4 is 9.63 Å². The molecule has 0 radical (unpaired) electrons. The van der Waals surface area contributed by atoms with Crippen molar-refractivity contribution in [3.63, 3.8) is 0 Å². The molecule has 0 amide bonds. The molecule has 1 fully saturated rings. The van der Waals surface area contributed by atoms with Crippen molar-refractivity contribution < 1.29 is 30.9 Å². The summed E-state index contributed by atoms with van der Waals surface area (Å²) in [6.07, 6.45) is -7.15. The number of hydrogen-bond donors (Lipinski definition) is 0. The van der Waals surface area contributed by atoms with E-state index in [1.807, 2.05) is 0 Å². The average molecular weight is 264 g/mol. The van der Waals surface area contributed by atoms with Crippen molar-refractivity contribution in [3.8, 4) is 0 Å². The van der Waals surface area contributed by atoms with Gasteiger partial charge < -0.3 is 13.3 Å². The first-order valence-electron chi connectivity index (χ1n) is 4.80. The summed E-state index contributed by atoms with van der Waals surface area (Å²) in [7, 11) is -6.31. The summed E-state index contributed by atoms with van der Waals surface area (Å²) in [4.78, 5) is 0. The van der Waals surface area contributed by atoms with Gasteiger partial charge in [-0.05, 0) is 30.9 Å². The van der Waals surface area contributed by atoms with Crippen LogP contribution in [-0.4, -0.2) is 36.7 Å². The summed E-state index contributed by atoms with van der Waals surface area (Å²) in [6.45, 7) is 0. The predicted molar refractivity (Wildman–Crippen MR) is 47.8 cm³/mol. The van der Waals surface area contributed by atoms with E-state index in [0.717, 1.165) is 0 Å². The van der Waals surface area contributed by atoms with Gasteiger partial charge in [0.05, 0.1) is 5.75 Å². The highest BCUT2D eigenvalue weighted by Gasteiger charge is 2.39. The average Bonchev–Trinajstić information content (AvgIpc) is 1.98. The van der Waals surface area contributed by atoms with E-state index in [0.29, 0.717) is 0 Å². The van der Waals surface area contributed by atoms with Gasteiger partial charge in [0, 0.05) is 0 Å². The third kappa shape index (κ3) is 3.67. The van der Waals surface area contributed by atoms with E-state index in [4.69, 9.17) is 0 Å². The lowest BCUT2D eigenvalue weighted by atomic mass is 9.98. The largest absolute Gasteiger partial charge is 0.798 e. The van der Waals surface area contributed by atoms with Gasteiger partial charge in [-0.1, -0.05) is 0 Å². The molecule has 2 atom stereocenters. The third-order valence-electron chi connectivity index (χ3n) is 2.63. The van der Waals surface area contributed by atoms with E-state index >= 15 is 0 Å². The number of hydrogen-bond acceptors (Lipinski definition) is 3. The third-order valence-corrected chi connectivity index (χ3v) is 5.19. The Balaban J connectivity index is 2.85. The fraction of sp³-hybridized carbons (Fsp3) is 1.00. The zero-order valence-electron chi connectivity index (χ0n) is 8.34.